The van der Waals surface area contributed by atoms with Crippen molar-refractivity contribution in [1.82, 2.24) is 4.90 Å². The lowest BCUT2D eigenvalue weighted by Crippen LogP contribution is -2.27. The Morgan fingerprint density at radius 2 is 1.53 bits per heavy atom. The Morgan fingerprint density at radius 3 is 2.41 bits per heavy atom. The van der Waals surface area contributed by atoms with E-state index in [9.17, 15) is 9.59 Å². The van der Waals surface area contributed by atoms with Gasteiger partial charge >= 0.3 is 0 Å². The van der Waals surface area contributed by atoms with Crippen LogP contribution in [0.15, 0.2) is 95.9 Å². The van der Waals surface area contributed by atoms with Crippen LogP contribution in [-0.4, -0.2) is 16.0 Å². The van der Waals surface area contributed by atoms with Crippen LogP contribution in [0, 0.1) is 0 Å². The zero-order valence-corrected chi connectivity index (χ0v) is 19.7. The lowest BCUT2D eigenvalue weighted by molar-refractivity contribution is -0.123. The maximum Gasteiger partial charge on any atom is 0.293 e. The SMILES string of the molecule is O=C1S/C(=C\c2ccccc2OCc2cccc3ccccc23)C(=O)N1Cc1ccccc1Cl. The normalized spacial score (nSPS) is 14.9. The van der Waals surface area contributed by atoms with Crippen molar-refractivity contribution >= 4 is 51.4 Å². The Balaban J connectivity index is 1.37. The lowest BCUT2D eigenvalue weighted by atomic mass is 10.1. The minimum absolute atomic E-state index is 0.140. The van der Waals surface area contributed by atoms with E-state index in [1.54, 1.807) is 12.1 Å². The first-order chi connectivity index (χ1) is 16.6. The van der Waals surface area contributed by atoms with E-state index in [-0.39, 0.29) is 17.7 Å². The van der Waals surface area contributed by atoms with Gasteiger partial charge in [0.25, 0.3) is 11.1 Å². The summed E-state index contributed by atoms with van der Waals surface area (Å²) in [6.07, 6.45) is 1.72. The van der Waals surface area contributed by atoms with Crippen LogP contribution in [0.25, 0.3) is 16.8 Å². The molecule has 4 aromatic rings. The van der Waals surface area contributed by atoms with Gasteiger partial charge in [-0.25, -0.2) is 0 Å². The van der Waals surface area contributed by atoms with Crippen LogP contribution in [0.3, 0.4) is 0 Å². The van der Waals surface area contributed by atoms with Crippen LogP contribution in [-0.2, 0) is 17.9 Å². The summed E-state index contributed by atoms with van der Waals surface area (Å²) in [4.78, 5) is 27.2. The second-order valence-electron chi connectivity index (χ2n) is 7.82. The summed E-state index contributed by atoms with van der Waals surface area (Å²) in [6.45, 7) is 0.529. The summed E-state index contributed by atoms with van der Waals surface area (Å²) >= 11 is 7.15. The fourth-order valence-corrected chi connectivity index (χ4v) is 4.90. The molecule has 2 amide bonds. The van der Waals surface area contributed by atoms with E-state index >= 15 is 0 Å². The minimum atomic E-state index is -0.334. The molecule has 1 fully saturated rings. The maximum absolute atomic E-state index is 13.0. The van der Waals surface area contributed by atoms with Crippen molar-refractivity contribution in [3.63, 3.8) is 0 Å². The fraction of sp³-hybridized carbons (Fsp3) is 0.0714. The molecule has 1 saturated heterocycles. The number of carbonyl (C=O) groups excluding carboxylic acids is 2. The summed E-state index contributed by atoms with van der Waals surface area (Å²) < 4.78 is 6.16. The topological polar surface area (TPSA) is 46.6 Å². The highest BCUT2D eigenvalue weighted by atomic mass is 35.5. The zero-order valence-electron chi connectivity index (χ0n) is 18.1. The van der Waals surface area contributed by atoms with Crippen molar-refractivity contribution in [3.05, 3.63) is 118 Å². The molecule has 5 rings (SSSR count). The zero-order chi connectivity index (χ0) is 23.5. The van der Waals surface area contributed by atoms with E-state index < -0.39 is 0 Å². The van der Waals surface area contributed by atoms with Gasteiger partial charge in [-0.1, -0.05) is 90.5 Å². The Bertz CT molecular complexity index is 1430. The predicted molar refractivity (Wildman–Crippen MR) is 138 cm³/mol. The quantitative estimate of drug-likeness (QED) is 0.269. The summed E-state index contributed by atoms with van der Waals surface area (Å²) in [5.41, 5.74) is 2.55. The number of ether oxygens (including phenoxy) is 1. The first kappa shape index (κ1) is 22.3. The highest BCUT2D eigenvalue weighted by Crippen LogP contribution is 2.35. The molecule has 168 valence electrons. The molecule has 0 unspecified atom stereocenters. The Labute approximate surface area is 206 Å². The van der Waals surface area contributed by atoms with Crippen molar-refractivity contribution in [2.45, 2.75) is 13.2 Å². The first-order valence-corrected chi connectivity index (χ1v) is 12.0. The number of hydrogen-bond acceptors (Lipinski definition) is 4. The summed E-state index contributed by atoms with van der Waals surface area (Å²) in [5.74, 6) is 0.312. The van der Waals surface area contributed by atoms with Gasteiger partial charge in [0.2, 0.25) is 0 Å². The van der Waals surface area contributed by atoms with E-state index in [2.05, 4.69) is 18.2 Å². The highest BCUT2D eigenvalue weighted by Gasteiger charge is 2.35. The lowest BCUT2D eigenvalue weighted by Gasteiger charge is -2.13. The first-order valence-electron chi connectivity index (χ1n) is 10.8. The summed E-state index contributed by atoms with van der Waals surface area (Å²) in [6, 6.07) is 29.0. The van der Waals surface area contributed by atoms with E-state index in [0.29, 0.717) is 22.3 Å². The number of imide groups is 1. The molecule has 1 heterocycles. The second-order valence-corrected chi connectivity index (χ2v) is 9.22. The number of benzene rings is 4. The molecule has 1 aliphatic rings. The number of nitrogens with zero attached hydrogens (tertiary/aromatic N) is 1. The van der Waals surface area contributed by atoms with Gasteiger partial charge in [0.05, 0.1) is 11.4 Å². The standard InChI is InChI=1S/C28H20ClNO3S/c29-24-14-5-2-10-21(24)17-30-27(31)26(34-28(30)32)16-20-9-3-6-15-25(20)33-18-22-12-7-11-19-8-1-4-13-23(19)22/h1-16H,17-18H2/b26-16-. The number of hydrogen-bond donors (Lipinski definition) is 0. The Kier molecular flexibility index (Phi) is 6.39. The van der Waals surface area contributed by atoms with E-state index in [1.165, 1.54) is 4.90 Å². The molecule has 0 bridgehead atoms. The number of amides is 2. The molecule has 4 aromatic carbocycles. The summed E-state index contributed by atoms with van der Waals surface area (Å²) in [5, 5.41) is 2.51. The number of carbonyl (C=O) groups is 2. The summed E-state index contributed by atoms with van der Waals surface area (Å²) in [7, 11) is 0. The molecule has 6 heteroatoms. The fourth-order valence-electron chi connectivity index (χ4n) is 3.88. The molecule has 0 aliphatic carbocycles. The highest BCUT2D eigenvalue weighted by molar-refractivity contribution is 8.18. The van der Waals surface area contributed by atoms with Crippen LogP contribution in [0.2, 0.25) is 5.02 Å². The molecular formula is C28H20ClNO3S. The third-order valence-electron chi connectivity index (χ3n) is 5.63. The van der Waals surface area contributed by atoms with Gasteiger partial charge in [0.15, 0.2) is 0 Å². The monoisotopic (exact) mass is 485 g/mol. The smallest absolute Gasteiger partial charge is 0.293 e. The molecule has 1 aliphatic heterocycles. The number of halogens is 1. The molecule has 0 N–H and O–H groups in total. The van der Waals surface area contributed by atoms with Gasteiger partial charge in [-0.2, -0.15) is 0 Å². The van der Waals surface area contributed by atoms with Crippen molar-refractivity contribution in [3.8, 4) is 5.75 Å². The van der Waals surface area contributed by atoms with Gasteiger partial charge < -0.3 is 4.74 Å². The molecule has 34 heavy (non-hydrogen) atoms. The molecule has 0 saturated carbocycles. The predicted octanol–water partition coefficient (Wildman–Crippen LogP) is 7.31. The number of rotatable bonds is 6. The minimum Gasteiger partial charge on any atom is -0.488 e. The Hall–Kier alpha value is -3.54. The van der Waals surface area contributed by atoms with Gasteiger partial charge in [0, 0.05) is 10.6 Å². The van der Waals surface area contributed by atoms with Gasteiger partial charge in [-0.3, -0.25) is 14.5 Å². The van der Waals surface area contributed by atoms with E-state index in [0.717, 1.165) is 39.2 Å². The number of fused-ring (bicyclic) bond motifs is 1. The molecule has 4 nitrogen and oxygen atoms in total. The largest absolute Gasteiger partial charge is 0.488 e. The number of para-hydroxylation sites is 1. The van der Waals surface area contributed by atoms with Crippen LogP contribution in [0.4, 0.5) is 4.79 Å². The number of thioether (sulfide) groups is 1. The van der Waals surface area contributed by atoms with E-state index in [4.69, 9.17) is 16.3 Å². The average molecular weight is 486 g/mol. The molecule has 0 atom stereocenters. The van der Waals surface area contributed by atoms with E-state index in [1.807, 2.05) is 66.7 Å². The molecule has 0 aromatic heterocycles. The van der Waals surface area contributed by atoms with Crippen molar-refractivity contribution < 1.29 is 14.3 Å². The third kappa shape index (κ3) is 4.58. The van der Waals surface area contributed by atoms with Gasteiger partial charge in [-0.05, 0) is 51.9 Å². The second kappa shape index (κ2) is 9.75. The van der Waals surface area contributed by atoms with Crippen molar-refractivity contribution in [1.29, 1.82) is 0 Å². The van der Waals surface area contributed by atoms with Crippen LogP contribution in [0.1, 0.15) is 16.7 Å². The third-order valence-corrected chi connectivity index (χ3v) is 6.90. The van der Waals surface area contributed by atoms with Crippen molar-refractivity contribution in [2.75, 3.05) is 0 Å². The van der Waals surface area contributed by atoms with Gasteiger partial charge in [-0.15, -0.1) is 0 Å². The molecule has 0 spiro atoms. The van der Waals surface area contributed by atoms with Crippen LogP contribution >= 0.6 is 23.4 Å². The van der Waals surface area contributed by atoms with Crippen molar-refractivity contribution in [2.24, 2.45) is 0 Å². The maximum atomic E-state index is 13.0. The molecule has 0 radical (unpaired) electrons. The Morgan fingerprint density at radius 1 is 0.824 bits per heavy atom. The molecular weight excluding hydrogens is 466 g/mol. The van der Waals surface area contributed by atoms with Gasteiger partial charge in [0.1, 0.15) is 12.4 Å². The van der Waals surface area contributed by atoms with Crippen LogP contribution < -0.4 is 4.74 Å². The average Bonchev–Trinajstić information content (AvgIpc) is 3.12. The van der Waals surface area contributed by atoms with Crippen LogP contribution in [0.5, 0.6) is 5.75 Å².